The summed E-state index contributed by atoms with van der Waals surface area (Å²) in [4.78, 5) is 45.8. The Morgan fingerprint density at radius 3 is 2.53 bits per heavy atom. The third kappa shape index (κ3) is 7.89. The number of nitrogens with zero attached hydrogens (tertiary/aromatic N) is 3. The number of benzene rings is 1. The summed E-state index contributed by atoms with van der Waals surface area (Å²) in [6, 6.07) is 7.14. The fraction of sp³-hybridized carbons (Fsp3) is 0.500. The Bertz CT molecular complexity index is 970. The Morgan fingerprint density at radius 2 is 1.85 bits per heavy atom. The van der Waals surface area contributed by atoms with Crippen molar-refractivity contribution in [2.75, 3.05) is 51.3 Å². The van der Waals surface area contributed by atoms with Gasteiger partial charge in [0.25, 0.3) is 5.91 Å². The Hall–Kier alpha value is -2.82. The van der Waals surface area contributed by atoms with Crippen LogP contribution in [0.2, 0.25) is 0 Å². The molecule has 1 aliphatic rings. The zero-order chi connectivity index (χ0) is 24.5. The number of ether oxygens (including phenoxy) is 1. The predicted octanol–water partition coefficient (Wildman–Crippen LogP) is 1.93. The van der Waals surface area contributed by atoms with Crippen molar-refractivity contribution in [2.45, 2.75) is 33.2 Å². The van der Waals surface area contributed by atoms with Gasteiger partial charge in [-0.1, -0.05) is 17.7 Å². The van der Waals surface area contributed by atoms with E-state index in [1.54, 1.807) is 17.5 Å². The molecule has 3 rings (SSSR count). The number of anilines is 1. The number of morpholine rings is 1. The number of carbonyl (C=O) groups is 3. The molecular formula is C24H33N5O4S. The fourth-order valence-corrected chi connectivity index (χ4v) is 4.24. The molecule has 0 saturated carbocycles. The van der Waals surface area contributed by atoms with Gasteiger partial charge in [-0.25, -0.2) is 4.98 Å². The molecule has 3 amide bonds. The Balaban J connectivity index is 1.46. The summed E-state index contributed by atoms with van der Waals surface area (Å²) in [6.45, 7) is 10.2. The molecule has 9 nitrogen and oxygen atoms in total. The molecule has 1 aromatic carbocycles. The average Bonchev–Trinajstić information content (AvgIpc) is 3.24. The number of thiazole rings is 1. The van der Waals surface area contributed by atoms with Gasteiger partial charge < -0.3 is 20.3 Å². The molecule has 0 unspecified atom stereocenters. The van der Waals surface area contributed by atoms with Gasteiger partial charge in [-0.05, 0) is 32.9 Å². The number of nitrogens with one attached hydrogen (secondary N) is 2. The predicted molar refractivity (Wildman–Crippen MR) is 132 cm³/mol. The minimum absolute atomic E-state index is 0.0820. The highest BCUT2D eigenvalue weighted by Gasteiger charge is 2.22. The summed E-state index contributed by atoms with van der Waals surface area (Å²) in [5.41, 5.74) is 2.21. The number of amides is 3. The number of rotatable bonds is 10. The van der Waals surface area contributed by atoms with Crippen molar-refractivity contribution in [3.63, 3.8) is 0 Å². The van der Waals surface area contributed by atoms with E-state index in [0.29, 0.717) is 22.9 Å². The highest BCUT2D eigenvalue weighted by Crippen LogP contribution is 2.16. The van der Waals surface area contributed by atoms with Gasteiger partial charge in [-0.15, -0.1) is 11.3 Å². The second-order valence-electron chi connectivity index (χ2n) is 8.57. The lowest BCUT2D eigenvalue weighted by Gasteiger charge is -2.26. The maximum Gasteiger partial charge on any atom is 0.254 e. The molecule has 1 saturated heterocycles. The van der Waals surface area contributed by atoms with Gasteiger partial charge in [0.15, 0.2) is 5.13 Å². The van der Waals surface area contributed by atoms with E-state index in [9.17, 15) is 14.4 Å². The Labute approximate surface area is 204 Å². The van der Waals surface area contributed by atoms with Gasteiger partial charge in [0.1, 0.15) is 6.54 Å². The highest BCUT2D eigenvalue weighted by molar-refractivity contribution is 7.13. The lowest BCUT2D eigenvalue weighted by atomic mass is 10.1. The number of carbonyl (C=O) groups excluding carboxylic acids is 3. The molecule has 1 aliphatic heterocycles. The minimum Gasteiger partial charge on any atom is -0.379 e. The first-order valence-electron chi connectivity index (χ1n) is 11.5. The summed E-state index contributed by atoms with van der Waals surface area (Å²) >= 11 is 1.26. The van der Waals surface area contributed by atoms with E-state index in [1.165, 1.54) is 16.2 Å². The topological polar surface area (TPSA) is 104 Å². The van der Waals surface area contributed by atoms with Crippen LogP contribution in [0.4, 0.5) is 5.13 Å². The largest absolute Gasteiger partial charge is 0.379 e. The standard InChI is InChI=1S/C24H33N5O4S/c1-17(2)29(23(32)19-6-4-18(3)5-7-19)15-22(31)27-24-26-20(16-34-24)14-21(30)25-8-9-28-10-12-33-13-11-28/h4-7,16-17H,8-15H2,1-3H3,(H,25,30)(H,26,27,31). The molecule has 2 N–H and O–H groups in total. The first kappa shape index (κ1) is 25.8. The van der Waals surface area contributed by atoms with Crippen LogP contribution < -0.4 is 10.6 Å². The van der Waals surface area contributed by atoms with E-state index in [1.807, 2.05) is 32.9 Å². The second-order valence-corrected chi connectivity index (χ2v) is 9.42. The van der Waals surface area contributed by atoms with E-state index < -0.39 is 0 Å². The zero-order valence-corrected chi connectivity index (χ0v) is 20.8. The molecular weight excluding hydrogens is 454 g/mol. The summed E-state index contributed by atoms with van der Waals surface area (Å²) in [5.74, 6) is -0.630. The number of hydrogen-bond acceptors (Lipinski definition) is 7. The van der Waals surface area contributed by atoms with Crippen LogP contribution in [0, 0.1) is 6.92 Å². The SMILES string of the molecule is Cc1ccc(C(=O)N(CC(=O)Nc2nc(CC(=O)NCCN3CCOCC3)cs2)C(C)C)cc1. The fourth-order valence-electron chi connectivity index (χ4n) is 3.52. The Kier molecular flexibility index (Phi) is 9.55. The van der Waals surface area contributed by atoms with Crippen molar-refractivity contribution in [1.82, 2.24) is 20.1 Å². The third-order valence-electron chi connectivity index (χ3n) is 5.49. The van der Waals surface area contributed by atoms with Gasteiger partial charge in [0, 0.05) is 43.2 Å². The quantitative estimate of drug-likeness (QED) is 0.531. The molecule has 0 atom stereocenters. The molecule has 0 spiro atoms. The lowest BCUT2D eigenvalue weighted by molar-refractivity contribution is -0.120. The maximum absolute atomic E-state index is 12.9. The molecule has 184 valence electrons. The number of aryl methyl sites for hydroxylation is 1. The molecule has 0 radical (unpaired) electrons. The van der Waals surface area contributed by atoms with Crippen molar-refractivity contribution < 1.29 is 19.1 Å². The molecule has 10 heteroatoms. The van der Waals surface area contributed by atoms with E-state index >= 15 is 0 Å². The van der Waals surface area contributed by atoms with Crippen LogP contribution in [-0.2, 0) is 20.7 Å². The van der Waals surface area contributed by atoms with Crippen LogP contribution in [0.15, 0.2) is 29.6 Å². The monoisotopic (exact) mass is 487 g/mol. The summed E-state index contributed by atoms with van der Waals surface area (Å²) in [6.07, 6.45) is 0.152. The van der Waals surface area contributed by atoms with Crippen molar-refractivity contribution in [1.29, 1.82) is 0 Å². The summed E-state index contributed by atoms with van der Waals surface area (Å²) in [5, 5.41) is 7.83. The maximum atomic E-state index is 12.9. The molecule has 0 bridgehead atoms. The van der Waals surface area contributed by atoms with Crippen LogP contribution in [0.1, 0.15) is 35.5 Å². The molecule has 2 heterocycles. The van der Waals surface area contributed by atoms with Crippen LogP contribution >= 0.6 is 11.3 Å². The smallest absolute Gasteiger partial charge is 0.254 e. The molecule has 1 fully saturated rings. The molecule has 34 heavy (non-hydrogen) atoms. The second kappa shape index (κ2) is 12.6. The van der Waals surface area contributed by atoms with Gasteiger partial charge in [-0.3, -0.25) is 19.3 Å². The van der Waals surface area contributed by atoms with Gasteiger partial charge in [0.2, 0.25) is 11.8 Å². The van der Waals surface area contributed by atoms with Crippen LogP contribution in [-0.4, -0.2) is 84.5 Å². The van der Waals surface area contributed by atoms with E-state index in [-0.39, 0.29) is 36.7 Å². The van der Waals surface area contributed by atoms with Crippen molar-refractivity contribution in [2.24, 2.45) is 0 Å². The van der Waals surface area contributed by atoms with Crippen molar-refractivity contribution >= 4 is 34.2 Å². The molecule has 2 aromatic rings. The van der Waals surface area contributed by atoms with E-state index in [4.69, 9.17) is 4.74 Å². The molecule has 1 aromatic heterocycles. The van der Waals surface area contributed by atoms with Crippen LogP contribution in [0.5, 0.6) is 0 Å². The third-order valence-corrected chi connectivity index (χ3v) is 6.30. The number of aromatic nitrogens is 1. The van der Waals surface area contributed by atoms with Crippen molar-refractivity contribution in [3.05, 3.63) is 46.5 Å². The van der Waals surface area contributed by atoms with Crippen LogP contribution in [0.25, 0.3) is 0 Å². The normalized spacial score (nSPS) is 14.1. The van der Waals surface area contributed by atoms with E-state index in [2.05, 4.69) is 20.5 Å². The minimum atomic E-state index is -0.329. The average molecular weight is 488 g/mol. The first-order chi connectivity index (χ1) is 16.3. The zero-order valence-electron chi connectivity index (χ0n) is 20.0. The van der Waals surface area contributed by atoms with Gasteiger partial charge in [-0.2, -0.15) is 0 Å². The molecule has 0 aliphatic carbocycles. The lowest BCUT2D eigenvalue weighted by Crippen LogP contribution is -2.42. The Morgan fingerprint density at radius 1 is 1.15 bits per heavy atom. The number of hydrogen-bond donors (Lipinski definition) is 2. The summed E-state index contributed by atoms with van der Waals surface area (Å²) < 4.78 is 5.32. The van der Waals surface area contributed by atoms with Crippen LogP contribution in [0.3, 0.4) is 0 Å². The summed E-state index contributed by atoms with van der Waals surface area (Å²) in [7, 11) is 0. The van der Waals surface area contributed by atoms with Gasteiger partial charge >= 0.3 is 0 Å². The first-order valence-corrected chi connectivity index (χ1v) is 12.4. The van der Waals surface area contributed by atoms with Crippen molar-refractivity contribution in [3.8, 4) is 0 Å². The highest BCUT2D eigenvalue weighted by atomic mass is 32.1. The van der Waals surface area contributed by atoms with Gasteiger partial charge in [0.05, 0.1) is 25.3 Å². The van der Waals surface area contributed by atoms with E-state index in [0.717, 1.165) is 38.4 Å².